The van der Waals surface area contributed by atoms with E-state index in [9.17, 15) is 9.59 Å². The first-order chi connectivity index (χ1) is 14.7. The highest BCUT2D eigenvalue weighted by Gasteiger charge is 2.31. The van der Waals surface area contributed by atoms with Gasteiger partial charge in [-0.3, -0.25) is 14.0 Å². The van der Waals surface area contributed by atoms with Crippen LogP contribution in [0.2, 0.25) is 0 Å². The fourth-order valence-corrected chi connectivity index (χ4v) is 4.08. The zero-order chi connectivity index (χ0) is 20.9. The lowest BCUT2D eigenvalue weighted by Crippen LogP contribution is -2.46. The molecule has 3 heterocycles. The summed E-state index contributed by atoms with van der Waals surface area (Å²) in [6.07, 6.45) is 5.21. The van der Waals surface area contributed by atoms with Crippen LogP contribution >= 0.6 is 0 Å². The molecular weight excluding hydrogens is 378 g/mol. The van der Waals surface area contributed by atoms with Crippen molar-refractivity contribution in [1.29, 1.82) is 0 Å². The van der Waals surface area contributed by atoms with Crippen LogP contribution in [0.3, 0.4) is 0 Å². The quantitative estimate of drug-likeness (QED) is 0.683. The summed E-state index contributed by atoms with van der Waals surface area (Å²) >= 11 is 0. The van der Waals surface area contributed by atoms with Gasteiger partial charge < -0.3 is 10.2 Å². The summed E-state index contributed by atoms with van der Waals surface area (Å²) in [6.45, 7) is 3.22. The Morgan fingerprint density at radius 1 is 1.13 bits per heavy atom. The molecule has 2 aromatic heterocycles. The van der Waals surface area contributed by atoms with E-state index in [4.69, 9.17) is 0 Å². The molecule has 4 rings (SSSR count). The molecule has 0 saturated carbocycles. The van der Waals surface area contributed by atoms with Gasteiger partial charge in [-0.05, 0) is 43.5 Å². The Labute approximate surface area is 176 Å². The van der Waals surface area contributed by atoms with Crippen LogP contribution in [0.1, 0.15) is 54.8 Å². The molecule has 0 aliphatic carbocycles. The SMILES string of the molecule is CCCC(NC(=O)C1CCCN(C(=O)c2ccccc2)C1)c1nnc2ccccn12. The highest BCUT2D eigenvalue weighted by Crippen LogP contribution is 2.22. The van der Waals surface area contributed by atoms with Crippen molar-refractivity contribution in [2.24, 2.45) is 5.92 Å². The molecule has 2 unspecified atom stereocenters. The monoisotopic (exact) mass is 405 g/mol. The zero-order valence-corrected chi connectivity index (χ0v) is 17.2. The Balaban J connectivity index is 1.46. The van der Waals surface area contributed by atoms with E-state index in [1.165, 1.54) is 0 Å². The number of hydrogen-bond donors (Lipinski definition) is 1. The Bertz CT molecular complexity index is 1020. The molecule has 1 fully saturated rings. The summed E-state index contributed by atoms with van der Waals surface area (Å²) in [4.78, 5) is 27.7. The van der Waals surface area contributed by atoms with Crippen molar-refractivity contribution in [1.82, 2.24) is 24.8 Å². The third-order valence-electron chi connectivity index (χ3n) is 5.65. The molecular formula is C23H27N5O2. The van der Waals surface area contributed by atoms with Crippen LogP contribution in [-0.4, -0.2) is 44.4 Å². The summed E-state index contributed by atoms with van der Waals surface area (Å²) in [5.74, 6) is 0.493. The molecule has 2 atom stereocenters. The number of nitrogens with zero attached hydrogens (tertiary/aromatic N) is 4. The van der Waals surface area contributed by atoms with Gasteiger partial charge in [0.1, 0.15) is 0 Å². The highest BCUT2D eigenvalue weighted by molar-refractivity contribution is 5.94. The van der Waals surface area contributed by atoms with Crippen LogP contribution in [0.5, 0.6) is 0 Å². The van der Waals surface area contributed by atoms with E-state index in [2.05, 4.69) is 22.4 Å². The van der Waals surface area contributed by atoms with Crippen LogP contribution < -0.4 is 5.32 Å². The molecule has 7 heteroatoms. The maximum atomic E-state index is 13.1. The summed E-state index contributed by atoms with van der Waals surface area (Å²) < 4.78 is 1.92. The number of carbonyl (C=O) groups is 2. The number of benzene rings is 1. The van der Waals surface area contributed by atoms with E-state index in [0.717, 1.165) is 37.2 Å². The number of aromatic nitrogens is 3. The Morgan fingerprint density at radius 3 is 2.73 bits per heavy atom. The third kappa shape index (κ3) is 4.20. The molecule has 0 bridgehead atoms. The molecule has 1 aliphatic heterocycles. The number of nitrogens with one attached hydrogen (secondary N) is 1. The van der Waals surface area contributed by atoms with E-state index in [1.54, 1.807) is 4.90 Å². The summed E-state index contributed by atoms with van der Waals surface area (Å²) in [5.41, 5.74) is 1.43. The number of amides is 2. The maximum absolute atomic E-state index is 13.1. The number of rotatable bonds is 6. The lowest BCUT2D eigenvalue weighted by molar-refractivity contribution is -0.127. The summed E-state index contributed by atoms with van der Waals surface area (Å²) in [7, 11) is 0. The van der Waals surface area contributed by atoms with Gasteiger partial charge in [-0.2, -0.15) is 0 Å². The van der Waals surface area contributed by atoms with Gasteiger partial charge in [0.25, 0.3) is 5.91 Å². The molecule has 1 aromatic carbocycles. The second kappa shape index (κ2) is 9.07. The van der Waals surface area contributed by atoms with Crippen LogP contribution in [-0.2, 0) is 4.79 Å². The number of hydrogen-bond acceptors (Lipinski definition) is 4. The van der Waals surface area contributed by atoms with Gasteiger partial charge in [0.2, 0.25) is 5.91 Å². The van der Waals surface area contributed by atoms with Gasteiger partial charge in [0.05, 0.1) is 12.0 Å². The van der Waals surface area contributed by atoms with E-state index < -0.39 is 0 Å². The lowest BCUT2D eigenvalue weighted by atomic mass is 9.95. The third-order valence-corrected chi connectivity index (χ3v) is 5.65. The minimum absolute atomic E-state index is 0.0124. The van der Waals surface area contributed by atoms with E-state index in [1.807, 2.05) is 59.1 Å². The smallest absolute Gasteiger partial charge is 0.253 e. The van der Waals surface area contributed by atoms with E-state index >= 15 is 0 Å². The Kier molecular flexibility index (Phi) is 6.07. The largest absolute Gasteiger partial charge is 0.346 e. The van der Waals surface area contributed by atoms with Crippen molar-refractivity contribution in [3.63, 3.8) is 0 Å². The minimum Gasteiger partial charge on any atom is -0.346 e. The molecule has 3 aromatic rings. The number of likely N-dealkylation sites (tertiary alicyclic amines) is 1. The predicted octanol–water partition coefficient (Wildman–Crippen LogP) is 3.24. The molecule has 1 N–H and O–H groups in total. The van der Waals surface area contributed by atoms with Gasteiger partial charge in [-0.15, -0.1) is 10.2 Å². The number of piperidine rings is 1. The fourth-order valence-electron chi connectivity index (χ4n) is 4.08. The topological polar surface area (TPSA) is 79.6 Å². The van der Waals surface area contributed by atoms with Crippen molar-refractivity contribution in [2.75, 3.05) is 13.1 Å². The average Bonchev–Trinajstić information content (AvgIpc) is 3.23. The standard InChI is InChI=1S/C23H27N5O2/c1-2-9-19(21-26-25-20-13-6-7-15-28(20)21)24-22(29)18-12-8-14-27(16-18)23(30)17-10-4-3-5-11-17/h3-7,10-11,13,15,18-19H,2,8-9,12,14,16H2,1H3,(H,24,29). The molecule has 7 nitrogen and oxygen atoms in total. The zero-order valence-electron chi connectivity index (χ0n) is 17.2. The fraction of sp³-hybridized carbons (Fsp3) is 0.391. The highest BCUT2D eigenvalue weighted by atomic mass is 16.2. The van der Waals surface area contributed by atoms with E-state index in [-0.39, 0.29) is 23.8 Å². The molecule has 1 saturated heterocycles. The van der Waals surface area contributed by atoms with Gasteiger partial charge in [-0.1, -0.05) is 37.6 Å². The second-order valence-corrected chi connectivity index (χ2v) is 7.79. The Hall–Kier alpha value is -3.22. The molecule has 156 valence electrons. The molecule has 30 heavy (non-hydrogen) atoms. The maximum Gasteiger partial charge on any atom is 0.253 e. The van der Waals surface area contributed by atoms with Crippen LogP contribution in [0.25, 0.3) is 5.65 Å². The van der Waals surface area contributed by atoms with Crippen molar-refractivity contribution in [3.8, 4) is 0 Å². The summed E-state index contributed by atoms with van der Waals surface area (Å²) in [5, 5.41) is 11.7. The first-order valence-electron chi connectivity index (χ1n) is 10.6. The normalized spacial score (nSPS) is 17.6. The van der Waals surface area contributed by atoms with Gasteiger partial charge in [0.15, 0.2) is 11.5 Å². The van der Waals surface area contributed by atoms with Crippen molar-refractivity contribution in [3.05, 3.63) is 66.1 Å². The molecule has 1 aliphatic rings. The summed E-state index contributed by atoms with van der Waals surface area (Å²) in [6, 6.07) is 14.8. The lowest BCUT2D eigenvalue weighted by Gasteiger charge is -2.33. The minimum atomic E-state index is -0.218. The van der Waals surface area contributed by atoms with Gasteiger partial charge in [0, 0.05) is 24.8 Å². The molecule has 0 radical (unpaired) electrons. The average molecular weight is 406 g/mol. The van der Waals surface area contributed by atoms with Crippen LogP contribution in [0.4, 0.5) is 0 Å². The van der Waals surface area contributed by atoms with E-state index in [0.29, 0.717) is 18.7 Å². The Morgan fingerprint density at radius 2 is 1.93 bits per heavy atom. The first-order valence-corrected chi connectivity index (χ1v) is 10.6. The van der Waals surface area contributed by atoms with Gasteiger partial charge in [-0.25, -0.2) is 0 Å². The van der Waals surface area contributed by atoms with Crippen molar-refractivity contribution in [2.45, 2.75) is 38.6 Å². The number of fused-ring (bicyclic) bond motifs is 1. The number of carbonyl (C=O) groups excluding carboxylic acids is 2. The number of pyridine rings is 1. The first kappa shape index (κ1) is 20.1. The van der Waals surface area contributed by atoms with Crippen molar-refractivity contribution < 1.29 is 9.59 Å². The van der Waals surface area contributed by atoms with Crippen molar-refractivity contribution >= 4 is 17.5 Å². The molecule has 0 spiro atoms. The molecule has 2 amide bonds. The second-order valence-electron chi connectivity index (χ2n) is 7.79. The van der Waals surface area contributed by atoms with Gasteiger partial charge >= 0.3 is 0 Å². The van der Waals surface area contributed by atoms with Crippen LogP contribution in [0.15, 0.2) is 54.7 Å². The van der Waals surface area contributed by atoms with Crippen LogP contribution in [0, 0.1) is 5.92 Å². The predicted molar refractivity (Wildman–Crippen MR) is 114 cm³/mol.